The van der Waals surface area contributed by atoms with E-state index in [0.717, 1.165) is 11.3 Å². The summed E-state index contributed by atoms with van der Waals surface area (Å²) in [6.45, 7) is 5.36. The third kappa shape index (κ3) is 9.40. The second kappa shape index (κ2) is 18.1. The molecule has 11 heteroatoms. The Kier molecular flexibility index (Phi) is 13.6. The quantitative estimate of drug-likeness (QED) is 0.0505. The van der Waals surface area contributed by atoms with Crippen molar-refractivity contribution in [1.82, 2.24) is 21.5 Å². The monoisotopic (exact) mass is 671 g/mol. The summed E-state index contributed by atoms with van der Waals surface area (Å²) in [7, 11) is -0.341. The summed E-state index contributed by atoms with van der Waals surface area (Å²) in [5.74, 6) is 0.778. The van der Waals surface area contributed by atoms with Crippen LogP contribution < -0.4 is 42.1 Å². The summed E-state index contributed by atoms with van der Waals surface area (Å²) in [4.78, 5) is 0. The predicted molar refractivity (Wildman–Crippen MR) is 202 cm³/mol. The van der Waals surface area contributed by atoms with Gasteiger partial charge in [0.2, 0.25) is 0 Å². The lowest BCUT2D eigenvalue weighted by atomic mass is 10.1. The molecule has 0 saturated carbocycles. The normalized spacial score (nSPS) is 11.8. The van der Waals surface area contributed by atoms with E-state index in [0.29, 0.717) is 47.8 Å². The van der Waals surface area contributed by atoms with E-state index in [-0.39, 0.29) is 0 Å². The van der Waals surface area contributed by atoms with E-state index in [2.05, 4.69) is 123 Å². The highest BCUT2D eigenvalue weighted by molar-refractivity contribution is 7.95. The van der Waals surface area contributed by atoms with E-state index in [1.807, 2.05) is 38.1 Å². The number of hydrazone groups is 2. The Balaban J connectivity index is 1.41. The summed E-state index contributed by atoms with van der Waals surface area (Å²) in [5.41, 5.74) is 7.82. The van der Waals surface area contributed by atoms with Gasteiger partial charge in [0, 0.05) is 19.2 Å². The van der Waals surface area contributed by atoms with Crippen LogP contribution in [0.5, 0.6) is 5.75 Å². The molecule has 46 heavy (non-hydrogen) atoms. The minimum atomic E-state index is -2.07. The highest BCUT2D eigenvalue weighted by Gasteiger charge is 2.45. The molecule has 0 atom stereocenters. The molecule has 4 aromatic carbocycles. The van der Waals surface area contributed by atoms with Gasteiger partial charge in [-0.15, -0.1) is 0 Å². The number of hydrogen-bond donors (Lipinski definition) is 4. The first-order chi connectivity index (χ1) is 22.5. The number of thiocarbonyl (C=S) groups is 2. The van der Waals surface area contributed by atoms with Crippen molar-refractivity contribution in [2.24, 2.45) is 10.2 Å². The van der Waals surface area contributed by atoms with Gasteiger partial charge in [-0.2, -0.15) is 10.2 Å². The molecular formula is C35H40N6O2PS2+. The molecule has 0 radical (unpaired) electrons. The highest BCUT2D eigenvalue weighted by atomic mass is 32.1. The van der Waals surface area contributed by atoms with Gasteiger partial charge in [0.15, 0.2) is 16.6 Å². The molecule has 238 valence electrons. The maximum atomic E-state index is 6.43. The minimum absolute atomic E-state index is 0.378. The van der Waals surface area contributed by atoms with E-state index in [1.165, 1.54) is 15.9 Å². The molecule has 0 spiro atoms. The lowest BCUT2D eigenvalue weighted by Gasteiger charge is -2.27. The third-order valence-electron chi connectivity index (χ3n) is 7.01. The van der Waals surface area contributed by atoms with Gasteiger partial charge in [-0.05, 0) is 98.9 Å². The Labute approximate surface area is 283 Å². The Hall–Kier alpha value is -4.21. The molecule has 0 saturated heterocycles. The van der Waals surface area contributed by atoms with Crippen LogP contribution >= 0.6 is 31.7 Å². The standard InChI is InChI=1S/C35H39N6O2PS2/c1-4-43-29-22-20-28(21-23-29)33(39-40-34(45)36-3)27(2)38-41-35(46)37-24-25-42-26-44(30-14-8-5-9-15-30,31-16-10-6-11-17-31)32-18-12-7-13-19-32/h5-23H,4,24-26H2,1-3H3,(H3-,36,37,38,39,40,41,45,46)/p+1. The zero-order valence-corrected chi connectivity index (χ0v) is 28.8. The average Bonchev–Trinajstić information content (AvgIpc) is 3.11. The number of ether oxygens (including phenoxy) is 2. The maximum Gasteiger partial charge on any atom is 0.187 e. The summed E-state index contributed by atoms with van der Waals surface area (Å²) < 4.78 is 12.0. The summed E-state index contributed by atoms with van der Waals surface area (Å²) in [6.07, 6.45) is 0.563. The predicted octanol–water partition coefficient (Wildman–Crippen LogP) is 4.69. The Bertz CT molecular complexity index is 1510. The number of nitrogens with one attached hydrogen (secondary N) is 4. The molecule has 4 N–H and O–H groups in total. The molecule has 0 bridgehead atoms. The van der Waals surface area contributed by atoms with Crippen LogP contribution in [0.1, 0.15) is 19.4 Å². The largest absolute Gasteiger partial charge is 0.494 e. The second-order valence-corrected chi connectivity index (χ2v) is 14.3. The lowest BCUT2D eigenvalue weighted by Crippen LogP contribution is -2.37. The van der Waals surface area contributed by atoms with Gasteiger partial charge in [0.1, 0.15) is 34.6 Å². The van der Waals surface area contributed by atoms with E-state index < -0.39 is 7.26 Å². The van der Waals surface area contributed by atoms with Crippen LogP contribution in [0, 0.1) is 0 Å². The van der Waals surface area contributed by atoms with E-state index in [4.69, 9.17) is 33.9 Å². The van der Waals surface area contributed by atoms with Crippen molar-refractivity contribution < 1.29 is 9.47 Å². The van der Waals surface area contributed by atoms with Crippen molar-refractivity contribution in [3.05, 3.63) is 121 Å². The topological polar surface area (TPSA) is 91.3 Å². The Morgan fingerprint density at radius 3 is 1.74 bits per heavy atom. The molecule has 0 fully saturated rings. The van der Waals surface area contributed by atoms with Gasteiger partial charge < -0.3 is 20.1 Å². The first kappa shape index (κ1) is 34.7. The molecule has 4 rings (SSSR count). The lowest BCUT2D eigenvalue weighted by molar-refractivity contribution is 0.185. The van der Waals surface area contributed by atoms with Gasteiger partial charge in [0.25, 0.3) is 0 Å². The van der Waals surface area contributed by atoms with E-state index in [1.54, 1.807) is 7.05 Å². The Morgan fingerprint density at radius 1 is 0.717 bits per heavy atom. The van der Waals surface area contributed by atoms with Crippen LogP contribution in [-0.2, 0) is 4.74 Å². The second-order valence-electron chi connectivity index (χ2n) is 10.0. The smallest absolute Gasteiger partial charge is 0.187 e. The van der Waals surface area contributed by atoms with Crippen molar-refractivity contribution in [1.29, 1.82) is 0 Å². The fourth-order valence-corrected chi connectivity index (χ4v) is 8.76. The van der Waals surface area contributed by atoms with Crippen LogP contribution in [0.2, 0.25) is 0 Å². The molecular weight excluding hydrogens is 632 g/mol. The minimum Gasteiger partial charge on any atom is -0.494 e. The SMILES string of the molecule is CCOc1ccc(C(=NNC(=S)NC)C(C)=NNC(=S)NCCOC[P+](c2ccccc2)(c2ccccc2)c2ccccc2)cc1. The molecule has 8 nitrogen and oxygen atoms in total. The van der Waals surface area contributed by atoms with Crippen LogP contribution in [0.15, 0.2) is 125 Å². The molecule has 0 aliphatic carbocycles. The van der Waals surface area contributed by atoms with Gasteiger partial charge in [0.05, 0.1) is 18.9 Å². The van der Waals surface area contributed by atoms with Gasteiger partial charge in [-0.25, -0.2) is 0 Å². The third-order valence-corrected chi connectivity index (χ3v) is 11.7. The van der Waals surface area contributed by atoms with E-state index >= 15 is 0 Å². The first-order valence-electron chi connectivity index (χ1n) is 15.0. The molecule has 0 heterocycles. The maximum absolute atomic E-state index is 6.43. The molecule has 0 aliphatic heterocycles. The van der Waals surface area contributed by atoms with Gasteiger partial charge in [-0.1, -0.05) is 54.6 Å². The average molecular weight is 672 g/mol. The van der Waals surface area contributed by atoms with Crippen molar-refractivity contribution in [3.63, 3.8) is 0 Å². The zero-order chi connectivity index (χ0) is 32.6. The van der Waals surface area contributed by atoms with Crippen LogP contribution in [-0.4, -0.2) is 54.8 Å². The summed E-state index contributed by atoms with van der Waals surface area (Å²) >= 11 is 10.7. The molecule has 0 aromatic heterocycles. The molecule has 0 unspecified atom stereocenters. The molecule has 0 amide bonds. The van der Waals surface area contributed by atoms with Crippen molar-refractivity contribution in [2.75, 3.05) is 33.2 Å². The molecule has 4 aromatic rings. The fourth-order valence-electron chi connectivity index (χ4n) is 4.78. The van der Waals surface area contributed by atoms with Crippen LogP contribution in [0.3, 0.4) is 0 Å². The number of rotatable bonds is 14. The van der Waals surface area contributed by atoms with Crippen molar-refractivity contribution in [3.8, 4) is 5.75 Å². The van der Waals surface area contributed by atoms with Crippen molar-refractivity contribution in [2.45, 2.75) is 13.8 Å². The van der Waals surface area contributed by atoms with Crippen LogP contribution in [0.4, 0.5) is 0 Å². The number of benzene rings is 4. The summed E-state index contributed by atoms with van der Waals surface area (Å²) in [6, 6.07) is 39.6. The number of nitrogens with zero attached hydrogens (tertiary/aromatic N) is 2. The Morgan fingerprint density at radius 2 is 1.24 bits per heavy atom. The zero-order valence-electron chi connectivity index (χ0n) is 26.3. The van der Waals surface area contributed by atoms with E-state index in [9.17, 15) is 0 Å². The first-order valence-corrected chi connectivity index (χ1v) is 17.8. The summed E-state index contributed by atoms with van der Waals surface area (Å²) in [5, 5.41) is 19.6. The highest BCUT2D eigenvalue weighted by Crippen LogP contribution is 2.55. The molecule has 0 aliphatic rings. The van der Waals surface area contributed by atoms with Crippen molar-refractivity contribution >= 4 is 69.3 Å². The van der Waals surface area contributed by atoms with Crippen LogP contribution in [0.25, 0.3) is 0 Å². The fraction of sp³-hybridized carbons (Fsp3) is 0.200. The number of hydrogen-bond acceptors (Lipinski definition) is 6. The van der Waals surface area contributed by atoms with Gasteiger partial charge in [-0.3, -0.25) is 10.9 Å². The van der Waals surface area contributed by atoms with Gasteiger partial charge >= 0.3 is 0 Å².